The fourth-order valence-corrected chi connectivity index (χ4v) is 2.39. The Morgan fingerprint density at radius 2 is 1.95 bits per heavy atom. The largest absolute Gasteiger partial charge is 0.349 e. The maximum Gasteiger partial charge on any atom is 0.173 e. The number of anilines is 1. The van der Waals surface area contributed by atoms with E-state index in [9.17, 15) is 0 Å². The molecule has 1 aromatic rings. The molecule has 0 aliphatic rings. The van der Waals surface area contributed by atoms with Crippen LogP contribution in [0.15, 0.2) is 24.3 Å². The van der Waals surface area contributed by atoms with Gasteiger partial charge in [-0.05, 0) is 43.1 Å². The molecule has 0 unspecified atom stereocenters. The van der Waals surface area contributed by atoms with Gasteiger partial charge in [0.15, 0.2) is 5.11 Å². The molecule has 0 spiro atoms. The lowest BCUT2D eigenvalue weighted by atomic mass is 10.0. The molecule has 0 heterocycles. The van der Waals surface area contributed by atoms with Crippen LogP contribution < -0.4 is 5.32 Å². The average Bonchev–Trinajstić information content (AvgIpc) is 2.40. The fraction of sp³-hybridized carbons (Fsp3) is 0.562. The number of hydrogen-bond acceptors (Lipinski definition) is 1. The topological polar surface area (TPSA) is 15.3 Å². The molecular weight excluding hydrogens is 252 g/mol. The van der Waals surface area contributed by atoms with E-state index >= 15 is 0 Å². The van der Waals surface area contributed by atoms with Crippen LogP contribution in [0, 0.1) is 0 Å². The van der Waals surface area contributed by atoms with E-state index in [1.807, 2.05) is 0 Å². The molecule has 0 fully saturated rings. The SMILES string of the molecule is CCCCN(CC)C(=S)Nc1ccccc1C(C)C. The van der Waals surface area contributed by atoms with Crippen LogP contribution in [0.25, 0.3) is 0 Å². The molecule has 1 aromatic carbocycles. The van der Waals surface area contributed by atoms with Crippen LogP contribution in [0.2, 0.25) is 0 Å². The number of nitrogens with one attached hydrogen (secondary N) is 1. The molecule has 1 N–H and O–H groups in total. The van der Waals surface area contributed by atoms with Crippen LogP contribution in [0.1, 0.15) is 52.0 Å². The molecule has 1 rings (SSSR count). The second-order valence-electron chi connectivity index (χ2n) is 5.11. The summed E-state index contributed by atoms with van der Waals surface area (Å²) in [7, 11) is 0. The Balaban J connectivity index is 2.75. The zero-order valence-electron chi connectivity index (χ0n) is 12.6. The van der Waals surface area contributed by atoms with Crippen molar-refractivity contribution < 1.29 is 0 Å². The van der Waals surface area contributed by atoms with E-state index in [0.29, 0.717) is 5.92 Å². The lowest BCUT2D eigenvalue weighted by molar-refractivity contribution is 0.434. The van der Waals surface area contributed by atoms with Crippen molar-refractivity contribution in [2.75, 3.05) is 18.4 Å². The van der Waals surface area contributed by atoms with Crippen molar-refractivity contribution in [3.8, 4) is 0 Å². The molecule has 0 saturated carbocycles. The first-order valence-electron chi connectivity index (χ1n) is 7.25. The zero-order valence-corrected chi connectivity index (χ0v) is 13.4. The highest BCUT2D eigenvalue weighted by Crippen LogP contribution is 2.23. The van der Waals surface area contributed by atoms with Crippen LogP contribution in [-0.2, 0) is 0 Å². The highest BCUT2D eigenvalue weighted by atomic mass is 32.1. The summed E-state index contributed by atoms with van der Waals surface area (Å²) in [4.78, 5) is 2.23. The third kappa shape index (κ3) is 4.83. The molecular formula is C16H26N2S. The van der Waals surface area contributed by atoms with Gasteiger partial charge < -0.3 is 10.2 Å². The molecule has 0 saturated heterocycles. The highest BCUT2D eigenvalue weighted by Gasteiger charge is 2.10. The number of hydrogen-bond donors (Lipinski definition) is 1. The molecule has 0 aromatic heterocycles. The number of para-hydroxylation sites is 1. The lowest BCUT2D eigenvalue weighted by Crippen LogP contribution is -2.35. The van der Waals surface area contributed by atoms with E-state index in [-0.39, 0.29) is 0 Å². The maximum absolute atomic E-state index is 5.53. The van der Waals surface area contributed by atoms with Gasteiger partial charge in [-0.25, -0.2) is 0 Å². The number of nitrogens with zero attached hydrogens (tertiary/aromatic N) is 1. The van der Waals surface area contributed by atoms with Crippen molar-refractivity contribution in [1.82, 2.24) is 4.90 Å². The third-order valence-corrected chi connectivity index (χ3v) is 3.64. The van der Waals surface area contributed by atoms with E-state index < -0.39 is 0 Å². The third-order valence-electron chi connectivity index (χ3n) is 3.27. The Labute approximate surface area is 123 Å². The van der Waals surface area contributed by atoms with Crippen LogP contribution in [0.3, 0.4) is 0 Å². The normalized spacial score (nSPS) is 10.6. The minimum atomic E-state index is 0.497. The van der Waals surface area contributed by atoms with Crippen LogP contribution in [0.5, 0.6) is 0 Å². The zero-order chi connectivity index (χ0) is 14.3. The molecule has 0 atom stereocenters. The van der Waals surface area contributed by atoms with Gasteiger partial charge in [-0.15, -0.1) is 0 Å². The van der Waals surface area contributed by atoms with Crippen molar-refractivity contribution in [3.05, 3.63) is 29.8 Å². The average molecular weight is 278 g/mol. The van der Waals surface area contributed by atoms with E-state index in [1.54, 1.807) is 0 Å². The van der Waals surface area contributed by atoms with Gasteiger partial charge in [0.05, 0.1) is 0 Å². The van der Waals surface area contributed by atoms with Crippen LogP contribution in [-0.4, -0.2) is 23.1 Å². The molecule has 0 amide bonds. The Hall–Kier alpha value is -1.09. The van der Waals surface area contributed by atoms with E-state index in [4.69, 9.17) is 12.2 Å². The first-order valence-corrected chi connectivity index (χ1v) is 7.65. The van der Waals surface area contributed by atoms with Crippen molar-refractivity contribution in [1.29, 1.82) is 0 Å². The van der Waals surface area contributed by atoms with Crippen molar-refractivity contribution in [3.63, 3.8) is 0 Å². The summed E-state index contributed by atoms with van der Waals surface area (Å²) in [5, 5.41) is 4.25. The van der Waals surface area contributed by atoms with Crippen LogP contribution >= 0.6 is 12.2 Å². The second-order valence-corrected chi connectivity index (χ2v) is 5.49. The number of benzene rings is 1. The molecule has 3 heteroatoms. The van der Waals surface area contributed by atoms with Gasteiger partial charge in [0, 0.05) is 18.8 Å². The van der Waals surface area contributed by atoms with Gasteiger partial charge in [0.2, 0.25) is 0 Å². The fourth-order valence-electron chi connectivity index (χ4n) is 2.06. The van der Waals surface area contributed by atoms with Gasteiger partial charge in [0.25, 0.3) is 0 Å². The quantitative estimate of drug-likeness (QED) is 0.764. The minimum absolute atomic E-state index is 0.497. The number of unbranched alkanes of at least 4 members (excludes halogenated alkanes) is 1. The molecule has 19 heavy (non-hydrogen) atoms. The van der Waals surface area contributed by atoms with Crippen molar-refractivity contribution >= 4 is 23.0 Å². The summed E-state index contributed by atoms with van der Waals surface area (Å²) in [6, 6.07) is 8.41. The highest BCUT2D eigenvalue weighted by molar-refractivity contribution is 7.80. The molecule has 0 aliphatic carbocycles. The first-order chi connectivity index (χ1) is 9.10. The smallest absolute Gasteiger partial charge is 0.173 e. The van der Waals surface area contributed by atoms with Gasteiger partial charge in [-0.2, -0.15) is 0 Å². The number of rotatable bonds is 6. The van der Waals surface area contributed by atoms with Gasteiger partial charge in [0.1, 0.15) is 0 Å². The first kappa shape index (κ1) is 16.0. The molecule has 0 radical (unpaired) electrons. The molecule has 2 nitrogen and oxygen atoms in total. The molecule has 106 valence electrons. The summed E-state index contributed by atoms with van der Waals surface area (Å²) in [6.07, 6.45) is 2.38. The van der Waals surface area contributed by atoms with Gasteiger partial charge in [-0.1, -0.05) is 45.4 Å². The van der Waals surface area contributed by atoms with E-state index in [2.05, 4.69) is 62.2 Å². The Morgan fingerprint density at radius 3 is 2.53 bits per heavy atom. The van der Waals surface area contributed by atoms with Gasteiger partial charge in [-0.3, -0.25) is 0 Å². The molecule has 0 aliphatic heterocycles. The monoisotopic (exact) mass is 278 g/mol. The molecule has 0 bridgehead atoms. The summed E-state index contributed by atoms with van der Waals surface area (Å²) in [5.74, 6) is 0.497. The maximum atomic E-state index is 5.53. The minimum Gasteiger partial charge on any atom is -0.349 e. The van der Waals surface area contributed by atoms with Gasteiger partial charge >= 0.3 is 0 Å². The summed E-state index contributed by atoms with van der Waals surface area (Å²) in [6.45, 7) is 10.8. The predicted octanol–water partition coefficient (Wildman–Crippen LogP) is 4.63. The van der Waals surface area contributed by atoms with Crippen molar-refractivity contribution in [2.24, 2.45) is 0 Å². The van der Waals surface area contributed by atoms with E-state index in [1.165, 1.54) is 18.4 Å². The Bertz CT molecular complexity index is 401. The Kier molecular flexibility index (Phi) is 6.85. The second kappa shape index (κ2) is 8.16. The summed E-state index contributed by atoms with van der Waals surface area (Å²) < 4.78 is 0. The van der Waals surface area contributed by atoms with E-state index in [0.717, 1.165) is 23.9 Å². The summed E-state index contributed by atoms with van der Waals surface area (Å²) >= 11 is 5.53. The standard InChI is InChI=1S/C16H26N2S/c1-5-7-12-18(6-2)16(19)17-15-11-9-8-10-14(15)13(3)4/h8-11,13H,5-7,12H2,1-4H3,(H,17,19). The lowest BCUT2D eigenvalue weighted by Gasteiger charge is -2.25. The van der Waals surface area contributed by atoms with Crippen molar-refractivity contribution in [2.45, 2.75) is 46.5 Å². The Morgan fingerprint density at radius 1 is 1.26 bits per heavy atom. The predicted molar refractivity (Wildman–Crippen MR) is 88.9 cm³/mol. The van der Waals surface area contributed by atoms with Crippen LogP contribution in [0.4, 0.5) is 5.69 Å². The summed E-state index contributed by atoms with van der Waals surface area (Å²) in [5.41, 5.74) is 2.45. The number of thiocarbonyl (C=S) groups is 1.